The lowest BCUT2D eigenvalue weighted by Gasteiger charge is -2.32. The zero-order valence-electron chi connectivity index (χ0n) is 11.1. The largest absolute Gasteiger partial charge is 0.355 e. The van der Waals surface area contributed by atoms with E-state index in [0.717, 1.165) is 45.7 Å². The Hall–Kier alpha value is -0.650. The summed E-state index contributed by atoms with van der Waals surface area (Å²) in [5, 5.41) is 2.88. The van der Waals surface area contributed by atoms with E-state index in [-0.39, 0.29) is 11.9 Å². The van der Waals surface area contributed by atoms with Gasteiger partial charge in [0.15, 0.2) is 0 Å². The van der Waals surface area contributed by atoms with Crippen LogP contribution < -0.4 is 11.1 Å². The van der Waals surface area contributed by atoms with Crippen molar-refractivity contribution in [3.8, 4) is 0 Å². The second kappa shape index (κ2) is 7.63. The van der Waals surface area contributed by atoms with E-state index in [2.05, 4.69) is 22.2 Å². The van der Waals surface area contributed by atoms with Crippen LogP contribution in [0.5, 0.6) is 0 Å². The van der Waals surface area contributed by atoms with Crippen molar-refractivity contribution >= 4 is 5.91 Å². The minimum atomic E-state index is -0.348. The molecule has 1 heterocycles. The first-order chi connectivity index (χ1) is 8.13. The summed E-state index contributed by atoms with van der Waals surface area (Å²) in [4.78, 5) is 16.2. The van der Waals surface area contributed by atoms with Crippen LogP contribution in [-0.4, -0.2) is 68.1 Å². The first-order valence-electron chi connectivity index (χ1n) is 6.57. The van der Waals surface area contributed by atoms with Gasteiger partial charge in [-0.2, -0.15) is 0 Å². The molecule has 5 nitrogen and oxygen atoms in total. The summed E-state index contributed by atoms with van der Waals surface area (Å²) in [6.45, 7) is 8.29. The standard InChI is InChI=1S/C12H26N4O/c1-3-11(13)12(17)14-5-4-6-16-9-7-15(2)8-10-16/h11H,3-10,13H2,1-2H3,(H,14,17). The zero-order chi connectivity index (χ0) is 12.7. The van der Waals surface area contributed by atoms with E-state index in [1.165, 1.54) is 0 Å². The number of carbonyl (C=O) groups is 1. The molecule has 5 heteroatoms. The Morgan fingerprint density at radius 3 is 2.59 bits per heavy atom. The van der Waals surface area contributed by atoms with Crippen molar-refractivity contribution in [2.75, 3.05) is 46.3 Å². The Kier molecular flexibility index (Phi) is 6.47. The van der Waals surface area contributed by atoms with Gasteiger partial charge in [0.25, 0.3) is 0 Å². The number of nitrogens with one attached hydrogen (secondary N) is 1. The predicted molar refractivity (Wildman–Crippen MR) is 69.8 cm³/mol. The van der Waals surface area contributed by atoms with E-state index >= 15 is 0 Å². The number of rotatable bonds is 6. The van der Waals surface area contributed by atoms with Crippen molar-refractivity contribution in [1.29, 1.82) is 0 Å². The summed E-state index contributed by atoms with van der Waals surface area (Å²) >= 11 is 0. The third kappa shape index (κ3) is 5.48. The number of hydrogen-bond donors (Lipinski definition) is 2. The average Bonchev–Trinajstić information content (AvgIpc) is 2.35. The van der Waals surface area contributed by atoms with Crippen LogP contribution in [0, 0.1) is 0 Å². The van der Waals surface area contributed by atoms with E-state index in [0.29, 0.717) is 6.42 Å². The number of hydrogen-bond acceptors (Lipinski definition) is 4. The molecule has 0 radical (unpaired) electrons. The van der Waals surface area contributed by atoms with Gasteiger partial charge in [0.05, 0.1) is 6.04 Å². The summed E-state index contributed by atoms with van der Waals surface area (Å²) in [7, 11) is 2.16. The molecule has 0 spiro atoms. The lowest BCUT2D eigenvalue weighted by atomic mass is 10.2. The summed E-state index contributed by atoms with van der Waals surface area (Å²) in [6, 6.07) is -0.348. The Bertz CT molecular complexity index is 227. The molecular weight excluding hydrogens is 216 g/mol. The number of likely N-dealkylation sites (N-methyl/N-ethyl adjacent to an activating group) is 1. The molecule has 1 amide bonds. The van der Waals surface area contributed by atoms with Gasteiger partial charge in [0.2, 0.25) is 5.91 Å². The van der Waals surface area contributed by atoms with Crippen LogP contribution in [-0.2, 0) is 4.79 Å². The normalized spacial score (nSPS) is 20.2. The van der Waals surface area contributed by atoms with E-state index in [1.54, 1.807) is 0 Å². The molecule has 0 aromatic heterocycles. The highest BCUT2D eigenvalue weighted by molar-refractivity contribution is 5.81. The lowest BCUT2D eigenvalue weighted by Crippen LogP contribution is -2.45. The van der Waals surface area contributed by atoms with Gasteiger partial charge in [0, 0.05) is 32.7 Å². The summed E-state index contributed by atoms with van der Waals surface area (Å²) in [5.74, 6) is -0.0223. The highest BCUT2D eigenvalue weighted by Gasteiger charge is 2.13. The fraction of sp³-hybridized carbons (Fsp3) is 0.917. The highest BCUT2D eigenvalue weighted by Crippen LogP contribution is 1.99. The SMILES string of the molecule is CCC(N)C(=O)NCCCN1CCN(C)CC1. The van der Waals surface area contributed by atoms with E-state index in [1.807, 2.05) is 6.92 Å². The van der Waals surface area contributed by atoms with E-state index in [4.69, 9.17) is 5.73 Å². The Labute approximate surface area is 104 Å². The predicted octanol–water partition coefficient (Wildman–Crippen LogP) is -0.523. The van der Waals surface area contributed by atoms with Gasteiger partial charge in [0.1, 0.15) is 0 Å². The maximum atomic E-state index is 11.4. The monoisotopic (exact) mass is 242 g/mol. The van der Waals surface area contributed by atoms with Crippen LogP contribution in [0.3, 0.4) is 0 Å². The molecule has 0 aromatic rings. The average molecular weight is 242 g/mol. The van der Waals surface area contributed by atoms with Crippen molar-refractivity contribution in [1.82, 2.24) is 15.1 Å². The molecule has 0 bridgehead atoms. The van der Waals surface area contributed by atoms with Crippen molar-refractivity contribution in [3.05, 3.63) is 0 Å². The number of carbonyl (C=O) groups excluding carboxylic acids is 1. The molecule has 0 aromatic carbocycles. The quantitative estimate of drug-likeness (QED) is 0.615. The number of nitrogens with zero attached hydrogens (tertiary/aromatic N) is 2. The van der Waals surface area contributed by atoms with Crippen LogP contribution in [0.15, 0.2) is 0 Å². The van der Waals surface area contributed by atoms with Crippen LogP contribution >= 0.6 is 0 Å². The van der Waals surface area contributed by atoms with Gasteiger partial charge in [-0.25, -0.2) is 0 Å². The maximum absolute atomic E-state index is 11.4. The molecule has 3 N–H and O–H groups in total. The molecule has 1 fully saturated rings. The zero-order valence-corrected chi connectivity index (χ0v) is 11.1. The number of piperazine rings is 1. The second-order valence-corrected chi connectivity index (χ2v) is 4.80. The van der Waals surface area contributed by atoms with Gasteiger partial charge >= 0.3 is 0 Å². The Balaban J connectivity index is 2.02. The molecule has 0 aliphatic carbocycles. The lowest BCUT2D eigenvalue weighted by molar-refractivity contribution is -0.122. The van der Waals surface area contributed by atoms with Crippen LogP contribution in [0.4, 0.5) is 0 Å². The van der Waals surface area contributed by atoms with Gasteiger partial charge < -0.3 is 20.9 Å². The second-order valence-electron chi connectivity index (χ2n) is 4.80. The fourth-order valence-electron chi connectivity index (χ4n) is 1.90. The summed E-state index contributed by atoms with van der Waals surface area (Å²) in [5.41, 5.74) is 5.63. The van der Waals surface area contributed by atoms with E-state index < -0.39 is 0 Å². The maximum Gasteiger partial charge on any atom is 0.236 e. The minimum absolute atomic E-state index is 0.0223. The molecule has 1 aliphatic heterocycles. The Morgan fingerprint density at radius 1 is 1.35 bits per heavy atom. The first kappa shape index (κ1) is 14.4. The van der Waals surface area contributed by atoms with Crippen molar-refractivity contribution in [2.24, 2.45) is 5.73 Å². The fourth-order valence-corrected chi connectivity index (χ4v) is 1.90. The van der Waals surface area contributed by atoms with E-state index in [9.17, 15) is 4.79 Å². The Morgan fingerprint density at radius 2 is 2.00 bits per heavy atom. The van der Waals surface area contributed by atoms with Crippen molar-refractivity contribution in [3.63, 3.8) is 0 Å². The third-order valence-electron chi connectivity index (χ3n) is 3.32. The van der Waals surface area contributed by atoms with Crippen LogP contribution in [0.25, 0.3) is 0 Å². The van der Waals surface area contributed by atoms with Gasteiger partial charge in [-0.1, -0.05) is 6.92 Å². The molecule has 17 heavy (non-hydrogen) atoms. The third-order valence-corrected chi connectivity index (χ3v) is 3.32. The molecular formula is C12H26N4O. The molecule has 0 saturated carbocycles. The number of amides is 1. The van der Waals surface area contributed by atoms with Gasteiger partial charge in [-0.3, -0.25) is 4.79 Å². The van der Waals surface area contributed by atoms with Crippen molar-refractivity contribution in [2.45, 2.75) is 25.8 Å². The molecule has 1 rings (SSSR count). The molecule has 1 unspecified atom stereocenters. The minimum Gasteiger partial charge on any atom is -0.355 e. The number of nitrogens with two attached hydrogens (primary N) is 1. The summed E-state index contributed by atoms with van der Waals surface area (Å²) in [6.07, 6.45) is 1.70. The van der Waals surface area contributed by atoms with Crippen LogP contribution in [0.1, 0.15) is 19.8 Å². The molecule has 1 aliphatic rings. The smallest absolute Gasteiger partial charge is 0.236 e. The highest BCUT2D eigenvalue weighted by atomic mass is 16.2. The molecule has 100 valence electrons. The van der Waals surface area contributed by atoms with Crippen molar-refractivity contribution < 1.29 is 4.79 Å². The van der Waals surface area contributed by atoms with Gasteiger partial charge in [-0.05, 0) is 26.4 Å². The molecule has 1 saturated heterocycles. The van der Waals surface area contributed by atoms with Gasteiger partial charge in [-0.15, -0.1) is 0 Å². The molecule has 1 atom stereocenters. The van der Waals surface area contributed by atoms with Crippen LogP contribution in [0.2, 0.25) is 0 Å². The summed E-state index contributed by atoms with van der Waals surface area (Å²) < 4.78 is 0. The first-order valence-corrected chi connectivity index (χ1v) is 6.57. The topological polar surface area (TPSA) is 61.6 Å².